The zero-order valence-electron chi connectivity index (χ0n) is 9.79. The Morgan fingerprint density at radius 2 is 2.12 bits per heavy atom. The van der Waals surface area contributed by atoms with Gasteiger partial charge in [-0.15, -0.1) is 0 Å². The molecule has 1 aliphatic rings. The van der Waals surface area contributed by atoms with E-state index in [9.17, 15) is 9.18 Å². The predicted octanol–water partition coefficient (Wildman–Crippen LogP) is 0.913. The fourth-order valence-electron chi connectivity index (χ4n) is 1.90. The minimum Gasteiger partial charge on any atom is -0.386 e. The maximum Gasteiger partial charge on any atom is 0.254 e. The van der Waals surface area contributed by atoms with Crippen LogP contribution in [0.4, 0.5) is 10.1 Å². The molecule has 1 amide bonds. The van der Waals surface area contributed by atoms with Gasteiger partial charge in [-0.2, -0.15) is 0 Å². The number of anilines is 1. The van der Waals surface area contributed by atoms with Crippen molar-refractivity contribution >= 4 is 11.6 Å². The lowest BCUT2D eigenvalue weighted by Gasteiger charge is -2.27. The summed E-state index contributed by atoms with van der Waals surface area (Å²) >= 11 is 0. The van der Waals surface area contributed by atoms with Gasteiger partial charge in [0.05, 0.1) is 5.69 Å². The van der Waals surface area contributed by atoms with Gasteiger partial charge in [0, 0.05) is 38.8 Å². The molecular weight excluding hydrogens is 221 g/mol. The smallest absolute Gasteiger partial charge is 0.254 e. The van der Waals surface area contributed by atoms with E-state index in [-0.39, 0.29) is 11.7 Å². The summed E-state index contributed by atoms with van der Waals surface area (Å²) in [7, 11) is 1.64. The fraction of sp³-hybridized carbons (Fsp3) is 0.417. The van der Waals surface area contributed by atoms with Crippen molar-refractivity contribution < 1.29 is 9.18 Å². The van der Waals surface area contributed by atoms with Gasteiger partial charge in [-0.25, -0.2) is 4.39 Å². The molecule has 4 nitrogen and oxygen atoms in total. The van der Waals surface area contributed by atoms with Crippen LogP contribution in [0.1, 0.15) is 10.4 Å². The molecule has 1 heterocycles. The molecule has 0 radical (unpaired) electrons. The molecule has 2 rings (SSSR count). The van der Waals surface area contributed by atoms with Crippen LogP contribution < -0.4 is 10.6 Å². The Bertz CT molecular complexity index is 416. The molecule has 1 saturated heterocycles. The number of amides is 1. The van der Waals surface area contributed by atoms with Crippen LogP contribution in [0, 0.1) is 5.82 Å². The molecule has 0 atom stereocenters. The van der Waals surface area contributed by atoms with Crippen LogP contribution in [0.5, 0.6) is 0 Å². The van der Waals surface area contributed by atoms with Crippen molar-refractivity contribution in [2.45, 2.75) is 0 Å². The Balaban J connectivity index is 2.18. The Kier molecular flexibility index (Phi) is 3.58. The van der Waals surface area contributed by atoms with Crippen LogP contribution in [0.25, 0.3) is 0 Å². The van der Waals surface area contributed by atoms with Gasteiger partial charge in [0.1, 0.15) is 5.82 Å². The molecule has 0 aliphatic carbocycles. The summed E-state index contributed by atoms with van der Waals surface area (Å²) in [6.45, 7) is 3.02. The normalized spacial score (nSPS) is 15.8. The van der Waals surface area contributed by atoms with Gasteiger partial charge in [-0.05, 0) is 18.2 Å². The van der Waals surface area contributed by atoms with E-state index in [0.29, 0.717) is 24.3 Å². The molecular formula is C12H16FN3O. The molecule has 1 fully saturated rings. The third-order valence-electron chi connectivity index (χ3n) is 2.89. The van der Waals surface area contributed by atoms with Gasteiger partial charge >= 0.3 is 0 Å². The van der Waals surface area contributed by atoms with Gasteiger partial charge in [0.2, 0.25) is 0 Å². The van der Waals surface area contributed by atoms with Gasteiger partial charge in [-0.3, -0.25) is 4.79 Å². The molecule has 0 aromatic heterocycles. The minimum atomic E-state index is -0.343. The van der Waals surface area contributed by atoms with Gasteiger partial charge in [0.15, 0.2) is 0 Å². The summed E-state index contributed by atoms with van der Waals surface area (Å²) < 4.78 is 13.3. The summed E-state index contributed by atoms with van der Waals surface area (Å²) in [5, 5.41) is 5.92. The number of halogens is 1. The van der Waals surface area contributed by atoms with E-state index < -0.39 is 0 Å². The zero-order valence-corrected chi connectivity index (χ0v) is 9.79. The highest BCUT2D eigenvalue weighted by atomic mass is 19.1. The molecule has 0 unspecified atom stereocenters. The SMILES string of the molecule is CNc1cc(C(=O)N2CCNCC2)ccc1F. The van der Waals surface area contributed by atoms with Gasteiger partial charge in [-0.1, -0.05) is 0 Å². The highest BCUT2D eigenvalue weighted by molar-refractivity contribution is 5.95. The average Bonchev–Trinajstić information content (AvgIpc) is 2.39. The number of nitrogens with zero attached hydrogens (tertiary/aromatic N) is 1. The first kappa shape index (κ1) is 11.9. The Labute approximate surface area is 99.8 Å². The van der Waals surface area contributed by atoms with E-state index >= 15 is 0 Å². The van der Waals surface area contributed by atoms with Crippen molar-refractivity contribution in [1.29, 1.82) is 0 Å². The maximum absolute atomic E-state index is 13.3. The van der Waals surface area contributed by atoms with Crippen LogP contribution in [-0.2, 0) is 0 Å². The van der Waals surface area contributed by atoms with E-state index in [1.807, 2.05) is 0 Å². The van der Waals surface area contributed by atoms with E-state index in [4.69, 9.17) is 0 Å². The first-order valence-electron chi connectivity index (χ1n) is 5.69. The third-order valence-corrected chi connectivity index (χ3v) is 2.89. The number of rotatable bonds is 2. The topological polar surface area (TPSA) is 44.4 Å². The number of benzene rings is 1. The summed E-state index contributed by atoms with van der Waals surface area (Å²) in [6, 6.07) is 4.40. The second-order valence-electron chi connectivity index (χ2n) is 3.99. The van der Waals surface area contributed by atoms with Crippen molar-refractivity contribution in [2.75, 3.05) is 38.5 Å². The zero-order chi connectivity index (χ0) is 12.3. The highest BCUT2D eigenvalue weighted by Crippen LogP contribution is 2.17. The maximum atomic E-state index is 13.3. The molecule has 2 N–H and O–H groups in total. The largest absolute Gasteiger partial charge is 0.386 e. The van der Waals surface area contributed by atoms with E-state index in [1.54, 1.807) is 18.0 Å². The van der Waals surface area contributed by atoms with Crippen LogP contribution in [0.15, 0.2) is 18.2 Å². The molecule has 0 bridgehead atoms. The molecule has 0 spiro atoms. The van der Waals surface area contributed by atoms with Crippen molar-refractivity contribution in [1.82, 2.24) is 10.2 Å². The Morgan fingerprint density at radius 3 is 2.76 bits per heavy atom. The quantitative estimate of drug-likeness (QED) is 0.803. The molecule has 1 aromatic rings. The summed E-state index contributed by atoms with van der Waals surface area (Å²) in [5.41, 5.74) is 0.878. The number of nitrogens with one attached hydrogen (secondary N) is 2. The van der Waals surface area contributed by atoms with E-state index in [1.165, 1.54) is 12.1 Å². The molecule has 92 valence electrons. The highest BCUT2D eigenvalue weighted by Gasteiger charge is 2.18. The van der Waals surface area contributed by atoms with Gasteiger partial charge in [0.25, 0.3) is 5.91 Å². The van der Waals surface area contributed by atoms with Crippen LogP contribution in [-0.4, -0.2) is 44.0 Å². The summed E-state index contributed by atoms with van der Waals surface area (Å²) in [4.78, 5) is 13.9. The summed E-state index contributed by atoms with van der Waals surface area (Å²) in [5.74, 6) is -0.382. The van der Waals surface area contributed by atoms with Crippen molar-refractivity contribution in [3.8, 4) is 0 Å². The standard InChI is InChI=1S/C12H16FN3O/c1-14-11-8-9(2-3-10(11)13)12(17)16-6-4-15-5-7-16/h2-3,8,14-15H,4-7H2,1H3. The van der Waals surface area contributed by atoms with Crippen LogP contribution in [0.2, 0.25) is 0 Å². The lowest BCUT2D eigenvalue weighted by Crippen LogP contribution is -2.46. The minimum absolute atomic E-state index is 0.0389. The van der Waals surface area contributed by atoms with Gasteiger partial charge < -0.3 is 15.5 Å². The predicted molar refractivity (Wildman–Crippen MR) is 64.7 cm³/mol. The monoisotopic (exact) mass is 237 g/mol. The third kappa shape index (κ3) is 2.55. The number of carbonyl (C=O) groups excluding carboxylic acids is 1. The number of hydrogen-bond donors (Lipinski definition) is 2. The van der Waals surface area contributed by atoms with Crippen molar-refractivity contribution in [2.24, 2.45) is 0 Å². The molecule has 1 aromatic carbocycles. The summed E-state index contributed by atoms with van der Waals surface area (Å²) in [6.07, 6.45) is 0. The van der Waals surface area contributed by atoms with E-state index in [2.05, 4.69) is 10.6 Å². The Hall–Kier alpha value is -1.62. The van der Waals surface area contributed by atoms with E-state index in [0.717, 1.165) is 13.1 Å². The fourth-order valence-corrected chi connectivity index (χ4v) is 1.90. The number of piperazine rings is 1. The molecule has 1 aliphatic heterocycles. The Morgan fingerprint density at radius 1 is 1.41 bits per heavy atom. The average molecular weight is 237 g/mol. The van der Waals surface area contributed by atoms with Crippen LogP contribution in [0.3, 0.4) is 0 Å². The van der Waals surface area contributed by atoms with Crippen LogP contribution >= 0.6 is 0 Å². The molecule has 17 heavy (non-hydrogen) atoms. The second kappa shape index (κ2) is 5.14. The van der Waals surface area contributed by atoms with Crippen molar-refractivity contribution in [3.05, 3.63) is 29.6 Å². The number of carbonyl (C=O) groups is 1. The molecule has 0 saturated carbocycles. The first-order chi connectivity index (χ1) is 8.22. The number of hydrogen-bond acceptors (Lipinski definition) is 3. The first-order valence-corrected chi connectivity index (χ1v) is 5.69. The van der Waals surface area contributed by atoms with Crippen molar-refractivity contribution in [3.63, 3.8) is 0 Å². The molecule has 5 heteroatoms. The lowest BCUT2D eigenvalue weighted by atomic mass is 10.1. The second-order valence-corrected chi connectivity index (χ2v) is 3.99. The lowest BCUT2D eigenvalue weighted by molar-refractivity contribution is 0.0736.